The highest BCUT2D eigenvalue weighted by atomic mass is 16.5. The molecule has 0 saturated carbocycles. The third-order valence-corrected chi connectivity index (χ3v) is 4.87. The van der Waals surface area contributed by atoms with Gasteiger partial charge in [-0.1, -0.05) is 54.6 Å². The summed E-state index contributed by atoms with van der Waals surface area (Å²) >= 11 is 0. The maximum Gasteiger partial charge on any atom is 0.257 e. The van der Waals surface area contributed by atoms with Gasteiger partial charge in [0.15, 0.2) is 23.9 Å². The Morgan fingerprint density at radius 1 is 0.818 bits per heavy atom. The summed E-state index contributed by atoms with van der Waals surface area (Å²) < 4.78 is 10.9. The summed E-state index contributed by atoms with van der Waals surface area (Å²) in [6, 6.07) is 20.8. The van der Waals surface area contributed by atoms with Crippen molar-refractivity contribution < 1.29 is 23.9 Å². The molecule has 0 atom stereocenters. The van der Waals surface area contributed by atoms with Gasteiger partial charge in [-0.15, -0.1) is 0 Å². The molecule has 170 valence electrons. The number of likely N-dealkylation sites (N-methyl/N-ethyl adjacent to an activating group) is 1. The minimum atomic E-state index is -0.356. The molecule has 0 fully saturated rings. The summed E-state index contributed by atoms with van der Waals surface area (Å²) in [6.07, 6.45) is 0. The largest absolute Gasteiger partial charge is 0.493 e. The molecular formula is C26H26N2O5. The number of carbonyl (C=O) groups is 3. The van der Waals surface area contributed by atoms with Gasteiger partial charge in [-0.3, -0.25) is 14.4 Å². The van der Waals surface area contributed by atoms with E-state index in [1.807, 2.05) is 13.0 Å². The van der Waals surface area contributed by atoms with Crippen LogP contribution in [0.5, 0.6) is 11.5 Å². The second kappa shape index (κ2) is 11.5. The van der Waals surface area contributed by atoms with Crippen LogP contribution in [0, 0.1) is 0 Å². The van der Waals surface area contributed by atoms with E-state index in [0.29, 0.717) is 34.7 Å². The third-order valence-electron chi connectivity index (χ3n) is 4.87. The highest BCUT2D eigenvalue weighted by Gasteiger charge is 2.18. The maximum atomic E-state index is 12.9. The number of ether oxygens (including phenoxy) is 2. The smallest absolute Gasteiger partial charge is 0.257 e. The molecule has 7 heteroatoms. The molecule has 0 saturated heterocycles. The predicted octanol–water partition coefficient (Wildman–Crippen LogP) is 3.37. The molecule has 0 aromatic heterocycles. The molecule has 0 radical (unpaired) electrons. The Labute approximate surface area is 192 Å². The molecule has 0 aliphatic rings. The second-order valence-corrected chi connectivity index (χ2v) is 7.15. The quantitative estimate of drug-likeness (QED) is 0.466. The van der Waals surface area contributed by atoms with Gasteiger partial charge in [0.05, 0.1) is 12.7 Å². The molecule has 3 aromatic carbocycles. The number of nitrogens with one attached hydrogen (secondary N) is 2. The van der Waals surface area contributed by atoms with Crippen LogP contribution in [-0.4, -0.2) is 37.9 Å². The fourth-order valence-corrected chi connectivity index (χ4v) is 3.23. The van der Waals surface area contributed by atoms with E-state index >= 15 is 0 Å². The lowest BCUT2D eigenvalue weighted by molar-refractivity contribution is -0.123. The molecule has 2 N–H and O–H groups in total. The van der Waals surface area contributed by atoms with E-state index in [1.54, 1.807) is 66.7 Å². The fraction of sp³-hybridized carbons (Fsp3) is 0.192. The normalized spacial score (nSPS) is 10.2. The van der Waals surface area contributed by atoms with Crippen molar-refractivity contribution in [2.24, 2.45) is 0 Å². The number of hydrogen-bond donors (Lipinski definition) is 2. The zero-order chi connectivity index (χ0) is 23.6. The third kappa shape index (κ3) is 6.20. The van der Waals surface area contributed by atoms with Crippen LogP contribution in [0.3, 0.4) is 0 Å². The van der Waals surface area contributed by atoms with Crippen molar-refractivity contribution in [3.8, 4) is 11.5 Å². The Morgan fingerprint density at radius 2 is 1.52 bits per heavy atom. The van der Waals surface area contributed by atoms with Crippen LogP contribution in [0.4, 0.5) is 0 Å². The summed E-state index contributed by atoms with van der Waals surface area (Å²) in [6.45, 7) is 2.46. The Hall–Kier alpha value is -4.13. The highest BCUT2D eigenvalue weighted by Crippen LogP contribution is 2.28. The van der Waals surface area contributed by atoms with Crippen molar-refractivity contribution in [2.75, 3.05) is 20.3 Å². The van der Waals surface area contributed by atoms with Gasteiger partial charge in [0, 0.05) is 24.2 Å². The van der Waals surface area contributed by atoms with Crippen LogP contribution in [0.1, 0.15) is 38.8 Å². The lowest BCUT2D eigenvalue weighted by atomic mass is 9.98. The fourth-order valence-electron chi connectivity index (χ4n) is 3.23. The minimum Gasteiger partial charge on any atom is -0.493 e. The van der Waals surface area contributed by atoms with Crippen molar-refractivity contribution in [3.05, 3.63) is 95.1 Å². The topological polar surface area (TPSA) is 93.7 Å². The zero-order valence-corrected chi connectivity index (χ0v) is 18.6. The molecule has 0 spiro atoms. The monoisotopic (exact) mass is 446 g/mol. The van der Waals surface area contributed by atoms with Gasteiger partial charge in [0.25, 0.3) is 11.8 Å². The van der Waals surface area contributed by atoms with Gasteiger partial charge >= 0.3 is 0 Å². The van der Waals surface area contributed by atoms with E-state index in [1.165, 1.54) is 7.11 Å². The SMILES string of the molecule is CCNC(=O)COc1ccc(CNC(=O)c2ccccc2C(=O)c2ccccc2)cc1OC. The number of rotatable bonds is 10. The van der Waals surface area contributed by atoms with Crippen molar-refractivity contribution >= 4 is 17.6 Å². The van der Waals surface area contributed by atoms with E-state index < -0.39 is 0 Å². The number of carbonyl (C=O) groups excluding carboxylic acids is 3. The summed E-state index contributed by atoms with van der Waals surface area (Å²) in [5.74, 6) is 0.0880. The second-order valence-electron chi connectivity index (χ2n) is 7.15. The molecule has 2 amide bonds. The molecule has 0 bridgehead atoms. The van der Waals surface area contributed by atoms with Crippen LogP contribution >= 0.6 is 0 Å². The molecule has 3 aromatic rings. The van der Waals surface area contributed by atoms with E-state index in [0.717, 1.165) is 5.56 Å². The van der Waals surface area contributed by atoms with Gasteiger partial charge in [-0.2, -0.15) is 0 Å². The van der Waals surface area contributed by atoms with Crippen LogP contribution in [0.25, 0.3) is 0 Å². The van der Waals surface area contributed by atoms with Crippen molar-refractivity contribution in [2.45, 2.75) is 13.5 Å². The summed E-state index contributed by atoms with van der Waals surface area (Å²) in [5.41, 5.74) is 1.94. The number of hydrogen-bond acceptors (Lipinski definition) is 5. The minimum absolute atomic E-state index is 0.119. The van der Waals surface area contributed by atoms with Gasteiger partial charge < -0.3 is 20.1 Å². The van der Waals surface area contributed by atoms with Crippen LogP contribution in [0.15, 0.2) is 72.8 Å². The Morgan fingerprint density at radius 3 is 2.21 bits per heavy atom. The lowest BCUT2D eigenvalue weighted by Gasteiger charge is -2.13. The van der Waals surface area contributed by atoms with Crippen LogP contribution < -0.4 is 20.1 Å². The number of benzene rings is 3. The number of methoxy groups -OCH3 is 1. The zero-order valence-electron chi connectivity index (χ0n) is 18.6. The molecule has 7 nitrogen and oxygen atoms in total. The number of ketones is 1. The first-order chi connectivity index (χ1) is 16.0. The van der Waals surface area contributed by atoms with Gasteiger partial charge in [0.2, 0.25) is 0 Å². The molecule has 0 aliphatic carbocycles. The van der Waals surface area contributed by atoms with Crippen LogP contribution in [0.2, 0.25) is 0 Å². The molecule has 33 heavy (non-hydrogen) atoms. The van der Waals surface area contributed by atoms with Gasteiger partial charge in [-0.05, 0) is 30.7 Å². The average Bonchev–Trinajstić information content (AvgIpc) is 2.86. The highest BCUT2D eigenvalue weighted by molar-refractivity contribution is 6.15. The Kier molecular flexibility index (Phi) is 8.18. The lowest BCUT2D eigenvalue weighted by Crippen LogP contribution is -2.28. The van der Waals surface area contributed by atoms with E-state index in [2.05, 4.69) is 10.6 Å². The summed E-state index contributed by atoms with van der Waals surface area (Å²) in [4.78, 5) is 37.4. The van der Waals surface area contributed by atoms with Gasteiger partial charge in [0.1, 0.15) is 0 Å². The maximum absolute atomic E-state index is 12.9. The first-order valence-electron chi connectivity index (χ1n) is 10.6. The number of amides is 2. The molecular weight excluding hydrogens is 420 g/mol. The van der Waals surface area contributed by atoms with Crippen LogP contribution in [-0.2, 0) is 11.3 Å². The molecule has 3 rings (SSSR count). The molecule has 0 heterocycles. The molecule has 0 aliphatic heterocycles. The van der Waals surface area contributed by atoms with E-state index in [-0.39, 0.29) is 30.7 Å². The van der Waals surface area contributed by atoms with Gasteiger partial charge in [-0.25, -0.2) is 0 Å². The first kappa shape index (κ1) is 23.5. The summed E-state index contributed by atoms with van der Waals surface area (Å²) in [5, 5.41) is 5.51. The Bertz CT molecular complexity index is 1130. The summed E-state index contributed by atoms with van der Waals surface area (Å²) in [7, 11) is 1.50. The van der Waals surface area contributed by atoms with Crippen molar-refractivity contribution in [1.29, 1.82) is 0 Å². The molecule has 0 unspecified atom stereocenters. The van der Waals surface area contributed by atoms with E-state index in [4.69, 9.17) is 9.47 Å². The Balaban J connectivity index is 1.69. The average molecular weight is 447 g/mol. The van der Waals surface area contributed by atoms with Crippen molar-refractivity contribution in [3.63, 3.8) is 0 Å². The predicted molar refractivity (Wildman–Crippen MR) is 125 cm³/mol. The standard InChI is InChI=1S/C26H26N2O5/c1-3-27-24(29)17-33-22-14-13-18(15-23(22)32-2)16-28-26(31)21-12-8-7-11-20(21)25(30)19-9-5-4-6-10-19/h4-15H,3,16-17H2,1-2H3,(H,27,29)(H,28,31). The van der Waals surface area contributed by atoms with Crippen molar-refractivity contribution in [1.82, 2.24) is 10.6 Å². The van der Waals surface area contributed by atoms with E-state index in [9.17, 15) is 14.4 Å². The first-order valence-corrected chi connectivity index (χ1v) is 10.6.